The maximum atomic E-state index is 11.5. The van der Waals surface area contributed by atoms with E-state index in [0.717, 1.165) is 17.0 Å². The summed E-state index contributed by atoms with van der Waals surface area (Å²) in [7, 11) is 0. The van der Waals surface area contributed by atoms with E-state index < -0.39 is 0 Å². The lowest BCUT2D eigenvalue weighted by Gasteiger charge is -2.24. The van der Waals surface area contributed by atoms with E-state index in [2.05, 4.69) is 13.8 Å². The van der Waals surface area contributed by atoms with Crippen molar-refractivity contribution in [2.75, 3.05) is 6.61 Å². The van der Waals surface area contributed by atoms with E-state index >= 15 is 0 Å². The van der Waals surface area contributed by atoms with E-state index in [1.165, 1.54) is 0 Å². The van der Waals surface area contributed by atoms with Gasteiger partial charge in [0.2, 0.25) is 0 Å². The number of hydrogen-bond acceptors (Lipinski definition) is 2. The first-order valence-electron chi connectivity index (χ1n) is 6.21. The molecule has 3 heteroatoms. The second-order valence-corrected chi connectivity index (χ2v) is 6.17. The van der Waals surface area contributed by atoms with E-state index in [9.17, 15) is 4.79 Å². The Hall–Kier alpha value is -1.02. The van der Waals surface area contributed by atoms with Gasteiger partial charge in [0.25, 0.3) is 0 Å². The van der Waals surface area contributed by atoms with Crippen molar-refractivity contribution in [1.29, 1.82) is 0 Å². The molecule has 0 atom stereocenters. The second kappa shape index (κ2) is 6.24. The summed E-state index contributed by atoms with van der Waals surface area (Å²) in [5.74, 6) is -0.221. The lowest BCUT2D eigenvalue weighted by atomic mass is 9.86. The topological polar surface area (TPSA) is 26.3 Å². The Morgan fingerprint density at radius 2 is 2.06 bits per heavy atom. The molecule has 0 spiro atoms. The summed E-state index contributed by atoms with van der Waals surface area (Å²) < 4.78 is 5.30. The van der Waals surface area contributed by atoms with Crippen LogP contribution in [0.4, 0.5) is 0 Å². The van der Waals surface area contributed by atoms with Gasteiger partial charge < -0.3 is 4.74 Å². The van der Waals surface area contributed by atoms with Gasteiger partial charge in [0.1, 0.15) is 0 Å². The van der Waals surface area contributed by atoms with E-state index in [-0.39, 0.29) is 17.3 Å². The molecule has 1 aromatic carbocycles. The number of carbonyl (C=O) groups excluding carboxylic acids is 1. The molecule has 0 aromatic heterocycles. The van der Waals surface area contributed by atoms with Crippen LogP contribution in [-0.2, 0) is 16.0 Å². The molecule has 1 rings (SSSR count). The summed E-state index contributed by atoms with van der Waals surface area (Å²) >= 11 is 5.96. The number of benzene rings is 1. The quantitative estimate of drug-likeness (QED) is 0.752. The van der Waals surface area contributed by atoms with Gasteiger partial charge in [-0.3, -0.25) is 4.79 Å². The first-order chi connectivity index (χ1) is 8.30. The van der Waals surface area contributed by atoms with Crippen LogP contribution in [0.3, 0.4) is 0 Å². The number of ether oxygens (including phenoxy) is 1. The molecule has 0 N–H and O–H groups in total. The van der Waals surface area contributed by atoms with Gasteiger partial charge in [-0.2, -0.15) is 0 Å². The highest BCUT2D eigenvalue weighted by Crippen LogP contribution is 2.24. The smallest absolute Gasteiger partial charge is 0.308 e. The van der Waals surface area contributed by atoms with Crippen LogP contribution in [0.1, 0.15) is 33.3 Å². The zero-order valence-corrected chi connectivity index (χ0v) is 12.3. The fraction of sp³-hybridized carbons (Fsp3) is 0.533. The van der Waals surface area contributed by atoms with Gasteiger partial charge >= 0.3 is 5.97 Å². The Kier molecular flexibility index (Phi) is 5.21. The van der Waals surface area contributed by atoms with Crippen molar-refractivity contribution in [1.82, 2.24) is 0 Å². The average Bonchev–Trinajstić information content (AvgIpc) is 2.25. The lowest BCUT2D eigenvalue weighted by Crippen LogP contribution is -2.25. The molecular formula is C15H21ClO2. The summed E-state index contributed by atoms with van der Waals surface area (Å²) in [6.45, 7) is 8.28. The zero-order chi connectivity index (χ0) is 13.8. The molecule has 18 heavy (non-hydrogen) atoms. The van der Waals surface area contributed by atoms with Crippen LogP contribution in [0, 0.1) is 11.3 Å². The summed E-state index contributed by atoms with van der Waals surface area (Å²) in [4.78, 5) is 11.5. The van der Waals surface area contributed by atoms with Crippen molar-refractivity contribution in [3.8, 4) is 0 Å². The minimum Gasteiger partial charge on any atom is -0.465 e. The van der Waals surface area contributed by atoms with Gasteiger partial charge in [-0.25, -0.2) is 0 Å². The molecule has 100 valence electrons. The molecule has 0 bridgehead atoms. The van der Waals surface area contributed by atoms with Crippen LogP contribution in [-0.4, -0.2) is 12.6 Å². The van der Waals surface area contributed by atoms with Crippen molar-refractivity contribution >= 4 is 17.6 Å². The van der Waals surface area contributed by atoms with Crippen molar-refractivity contribution in [3.05, 3.63) is 34.9 Å². The molecule has 0 fully saturated rings. The predicted molar refractivity (Wildman–Crippen MR) is 74.7 cm³/mol. The first-order valence-corrected chi connectivity index (χ1v) is 6.59. The van der Waals surface area contributed by atoms with Crippen LogP contribution in [0.5, 0.6) is 0 Å². The van der Waals surface area contributed by atoms with Crippen molar-refractivity contribution in [2.45, 2.75) is 34.1 Å². The van der Waals surface area contributed by atoms with Crippen molar-refractivity contribution in [2.24, 2.45) is 11.3 Å². The van der Waals surface area contributed by atoms with E-state index in [1.54, 1.807) is 0 Å². The number of esters is 1. The molecule has 0 aliphatic heterocycles. The van der Waals surface area contributed by atoms with Gasteiger partial charge in [-0.15, -0.1) is 0 Å². The Morgan fingerprint density at radius 3 is 2.61 bits per heavy atom. The maximum Gasteiger partial charge on any atom is 0.308 e. The van der Waals surface area contributed by atoms with E-state index in [4.69, 9.17) is 16.3 Å². The Morgan fingerprint density at radius 1 is 1.39 bits per heavy atom. The molecule has 0 unspecified atom stereocenters. The molecule has 0 saturated carbocycles. The monoisotopic (exact) mass is 268 g/mol. The fourth-order valence-corrected chi connectivity index (χ4v) is 1.90. The van der Waals surface area contributed by atoms with E-state index in [1.807, 2.05) is 38.1 Å². The maximum absolute atomic E-state index is 11.5. The van der Waals surface area contributed by atoms with Crippen molar-refractivity contribution in [3.63, 3.8) is 0 Å². The molecule has 2 nitrogen and oxygen atoms in total. The summed E-state index contributed by atoms with van der Waals surface area (Å²) in [5.41, 5.74) is 1.07. The molecule has 0 aliphatic rings. The second-order valence-electron chi connectivity index (χ2n) is 5.73. The standard InChI is InChI=1S/C15H21ClO2/c1-11(2)14(17)18-10-15(3,4)9-12-6-5-7-13(16)8-12/h5-8,11H,9-10H2,1-4H3. The predicted octanol–water partition coefficient (Wildman–Crippen LogP) is 4.11. The third-order valence-corrected chi connectivity index (χ3v) is 2.88. The third kappa shape index (κ3) is 5.09. The van der Waals surface area contributed by atoms with Crippen LogP contribution in [0.2, 0.25) is 5.02 Å². The van der Waals surface area contributed by atoms with Gasteiger partial charge in [-0.05, 0) is 24.1 Å². The molecule has 0 aliphatic carbocycles. The summed E-state index contributed by atoms with van der Waals surface area (Å²) in [6, 6.07) is 7.79. The van der Waals surface area contributed by atoms with Crippen LogP contribution in [0.25, 0.3) is 0 Å². The van der Waals surface area contributed by atoms with Crippen LogP contribution < -0.4 is 0 Å². The largest absolute Gasteiger partial charge is 0.465 e. The van der Waals surface area contributed by atoms with Gasteiger partial charge in [0, 0.05) is 10.4 Å². The lowest BCUT2D eigenvalue weighted by molar-refractivity contribution is -0.150. The Balaban J connectivity index is 2.56. The highest BCUT2D eigenvalue weighted by atomic mass is 35.5. The fourth-order valence-electron chi connectivity index (χ4n) is 1.68. The minimum atomic E-state index is -0.144. The van der Waals surface area contributed by atoms with Crippen LogP contribution in [0.15, 0.2) is 24.3 Å². The number of halogens is 1. The van der Waals surface area contributed by atoms with Gasteiger partial charge in [-0.1, -0.05) is 51.4 Å². The highest BCUT2D eigenvalue weighted by molar-refractivity contribution is 6.30. The SMILES string of the molecule is CC(C)C(=O)OCC(C)(C)Cc1cccc(Cl)c1. The van der Waals surface area contributed by atoms with Crippen LogP contribution >= 0.6 is 11.6 Å². The zero-order valence-electron chi connectivity index (χ0n) is 11.5. The Labute approximate surface area is 114 Å². The normalized spacial score (nSPS) is 11.7. The molecular weight excluding hydrogens is 248 g/mol. The minimum absolute atomic E-state index is 0.0769. The highest BCUT2D eigenvalue weighted by Gasteiger charge is 2.22. The first kappa shape index (κ1) is 15.0. The molecule has 0 radical (unpaired) electrons. The molecule has 0 heterocycles. The summed E-state index contributed by atoms with van der Waals surface area (Å²) in [6.07, 6.45) is 0.832. The molecule has 0 saturated heterocycles. The van der Waals surface area contributed by atoms with Crippen molar-refractivity contribution < 1.29 is 9.53 Å². The number of hydrogen-bond donors (Lipinski definition) is 0. The summed E-state index contributed by atoms with van der Waals surface area (Å²) in [5, 5.41) is 0.738. The number of carbonyl (C=O) groups is 1. The molecule has 0 amide bonds. The van der Waals surface area contributed by atoms with Gasteiger partial charge in [0.05, 0.1) is 12.5 Å². The van der Waals surface area contributed by atoms with E-state index in [0.29, 0.717) is 6.61 Å². The Bertz CT molecular complexity index is 411. The third-order valence-electron chi connectivity index (χ3n) is 2.65. The number of rotatable bonds is 5. The van der Waals surface area contributed by atoms with Gasteiger partial charge in [0.15, 0.2) is 0 Å². The average molecular weight is 269 g/mol. The molecule has 1 aromatic rings.